The van der Waals surface area contributed by atoms with Crippen LogP contribution in [0.3, 0.4) is 0 Å². The molecule has 18 heavy (non-hydrogen) atoms. The van der Waals surface area contributed by atoms with Crippen LogP contribution in [0.25, 0.3) is 0 Å². The quantitative estimate of drug-likeness (QED) is 0.875. The Morgan fingerprint density at radius 1 is 1.28 bits per heavy atom. The van der Waals surface area contributed by atoms with Crippen molar-refractivity contribution in [2.45, 2.75) is 32.0 Å². The molecule has 1 aromatic rings. The molecule has 0 bridgehead atoms. The van der Waals surface area contributed by atoms with Crippen LogP contribution in [0.2, 0.25) is 0 Å². The van der Waals surface area contributed by atoms with E-state index in [1.807, 2.05) is 0 Å². The molecule has 1 aromatic carbocycles. The van der Waals surface area contributed by atoms with Crippen LogP contribution in [0.1, 0.15) is 25.8 Å². The standard InChI is InChI=1S/C12H15BrF3NO/c1-11(2,18)5-6-17-10-7-8(12(14,15)16)3-4-9(10)13/h3-4,7,17-18H,5-6H2,1-2H3. The van der Waals surface area contributed by atoms with Gasteiger partial charge in [-0.15, -0.1) is 0 Å². The fourth-order valence-electron chi connectivity index (χ4n) is 1.34. The Hall–Kier alpha value is -0.750. The van der Waals surface area contributed by atoms with E-state index < -0.39 is 17.3 Å². The molecule has 0 aliphatic rings. The van der Waals surface area contributed by atoms with E-state index in [9.17, 15) is 18.3 Å². The highest BCUT2D eigenvalue weighted by Gasteiger charge is 2.30. The third kappa shape index (κ3) is 4.86. The first kappa shape index (κ1) is 15.3. The number of alkyl halides is 3. The van der Waals surface area contributed by atoms with Crippen LogP contribution in [0, 0.1) is 0 Å². The van der Waals surface area contributed by atoms with Gasteiger partial charge in [-0.3, -0.25) is 0 Å². The highest BCUT2D eigenvalue weighted by molar-refractivity contribution is 9.10. The minimum atomic E-state index is -4.35. The Balaban J connectivity index is 2.76. The zero-order valence-corrected chi connectivity index (χ0v) is 11.7. The van der Waals surface area contributed by atoms with E-state index in [0.29, 0.717) is 23.1 Å². The summed E-state index contributed by atoms with van der Waals surface area (Å²) in [5.41, 5.74) is -1.17. The molecule has 0 aliphatic heterocycles. The first-order valence-corrected chi connectivity index (χ1v) is 6.22. The van der Waals surface area contributed by atoms with Crippen LogP contribution >= 0.6 is 15.9 Å². The number of rotatable bonds is 4. The molecule has 0 heterocycles. The number of benzene rings is 1. The first-order chi connectivity index (χ1) is 8.09. The molecule has 0 radical (unpaired) electrons. The minimum absolute atomic E-state index is 0.370. The second-order valence-corrected chi connectivity index (χ2v) is 5.54. The van der Waals surface area contributed by atoms with Gasteiger partial charge in [0, 0.05) is 16.7 Å². The normalized spacial score (nSPS) is 12.6. The van der Waals surface area contributed by atoms with Crippen LogP contribution in [-0.2, 0) is 6.18 Å². The van der Waals surface area contributed by atoms with Gasteiger partial charge >= 0.3 is 6.18 Å². The average Bonchev–Trinajstić information content (AvgIpc) is 2.17. The van der Waals surface area contributed by atoms with Crippen molar-refractivity contribution in [1.82, 2.24) is 0 Å². The molecule has 102 valence electrons. The average molecular weight is 326 g/mol. The van der Waals surface area contributed by atoms with Gasteiger partial charge in [0.15, 0.2) is 0 Å². The van der Waals surface area contributed by atoms with Gasteiger partial charge in [0.1, 0.15) is 0 Å². The molecule has 2 nitrogen and oxygen atoms in total. The summed E-state index contributed by atoms with van der Waals surface area (Å²) >= 11 is 3.19. The zero-order chi connectivity index (χ0) is 14.0. The number of hydrogen-bond acceptors (Lipinski definition) is 2. The van der Waals surface area contributed by atoms with Crippen molar-refractivity contribution in [3.05, 3.63) is 28.2 Å². The summed E-state index contributed by atoms with van der Waals surface area (Å²) < 4.78 is 38.1. The summed E-state index contributed by atoms with van der Waals surface area (Å²) in [5, 5.41) is 12.4. The Morgan fingerprint density at radius 2 is 1.89 bits per heavy atom. The van der Waals surface area contributed by atoms with Gasteiger partial charge in [-0.1, -0.05) is 0 Å². The van der Waals surface area contributed by atoms with Crippen molar-refractivity contribution in [2.75, 3.05) is 11.9 Å². The smallest absolute Gasteiger partial charge is 0.390 e. The van der Waals surface area contributed by atoms with Crippen molar-refractivity contribution in [3.8, 4) is 0 Å². The summed E-state index contributed by atoms with van der Waals surface area (Å²) in [5.74, 6) is 0. The fraction of sp³-hybridized carbons (Fsp3) is 0.500. The van der Waals surface area contributed by atoms with E-state index in [4.69, 9.17) is 0 Å². The molecule has 1 rings (SSSR count). The topological polar surface area (TPSA) is 32.3 Å². The fourth-order valence-corrected chi connectivity index (χ4v) is 1.73. The van der Waals surface area contributed by atoms with E-state index in [1.54, 1.807) is 13.8 Å². The second-order valence-electron chi connectivity index (χ2n) is 4.68. The SMILES string of the molecule is CC(C)(O)CCNc1cc(C(F)(F)F)ccc1Br. The Bertz CT molecular complexity index is 413. The first-order valence-electron chi connectivity index (χ1n) is 5.42. The highest BCUT2D eigenvalue weighted by atomic mass is 79.9. The summed E-state index contributed by atoms with van der Waals surface area (Å²) in [6, 6.07) is 3.43. The predicted molar refractivity (Wildman–Crippen MR) is 68.5 cm³/mol. The summed E-state index contributed by atoms with van der Waals surface area (Å²) in [7, 11) is 0. The number of aliphatic hydroxyl groups is 1. The van der Waals surface area contributed by atoms with E-state index in [2.05, 4.69) is 21.2 Å². The molecule has 0 saturated heterocycles. The Labute approximate surface area is 112 Å². The van der Waals surface area contributed by atoms with Gasteiger partial charge in [-0.25, -0.2) is 0 Å². The molecular weight excluding hydrogens is 311 g/mol. The van der Waals surface area contributed by atoms with Crippen LogP contribution < -0.4 is 5.32 Å². The van der Waals surface area contributed by atoms with Crippen molar-refractivity contribution < 1.29 is 18.3 Å². The Morgan fingerprint density at radius 3 is 2.39 bits per heavy atom. The predicted octanol–water partition coefficient (Wildman–Crippen LogP) is 4.04. The van der Waals surface area contributed by atoms with Gasteiger partial charge in [0.05, 0.1) is 11.2 Å². The lowest BCUT2D eigenvalue weighted by Crippen LogP contribution is -2.22. The third-order valence-electron chi connectivity index (χ3n) is 2.35. The van der Waals surface area contributed by atoms with E-state index >= 15 is 0 Å². The summed E-state index contributed by atoms with van der Waals surface area (Å²) in [6.45, 7) is 3.69. The van der Waals surface area contributed by atoms with Gasteiger partial charge in [0.25, 0.3) is 0 Å². The van der Waals surface area contributed by atoms with Crippen molar-refractivity contribution in [3.63, 3.8) is 0 Å². The third-order valence-corrected chi connectivity index (χ3v) is 3.04. The lowest BCUT2D eigenvalue weighted by atomic mass is 10.1. The minimum Gasteiger partial charge on any atom is -0.390 e. The maximum Gasteiger partial charge on any atom is 0.416 e. The molecule has 0 unspecified atom stereocenters. The van der Waals surface area contributed by atoms with E-state index in [1.165, 1.54) is 6.07 Å². The lowest BCUT2D eigenvalue weighted by molar-refractivity contribution is -0.137. The largest absolute Gasteiger partial charge is 0.416 e. The molecular formula is C12H15BrF3NO. The molecule has 0 aromatic heterocycles. The van der Waals surface area contributed by atoms with Crippen LogP contribution in [-0.4, -0.2) is 17.3 Å². The van der Waals surface area contributed by atoms with Gasteiger partial charge < -0.3 is 10.4 Å². The molecule has 0 fully saturated rings. The van der Waals surface area contributed by atoms with Gasteiger partial charge in [0.2, 0.25) is 0 Å². The lowest BCUT2D eigenvalue weighted by Gasteiger charge is -2.18. The molecule has 0 aliphatic carbocycles. The Kier molecular flexibility index (Phi) is 4.66. The number of nitrogens with one attached hydrogen (secondary N) is 1. The van der Waals surface area contributed by atoms with Crippen molar-refractivity contribution in [2.24, 2.45) is 0 Å². The second kappa shape index (κ2) is 5.48. The number of halogens is 4. The van der Waals surface area contributed by atoms with Gasteiger partial charge in [-0.2, -0.15) is 13.2 Å². The molecule has 0 saturated carbocycles. The van der Waals surface area contributed by atoms with E-state index in [0.717, 1.165) is 12.1 Å². The maximum absolute atomic E-state index is 12.5. The van der Waals surface area contributed by atoms with Crippen LogP contribution in [0.4, 0.5) is 18.9 Å². The number of hydrogen-bond donors (Lipinski definition) is 2. The molecule has 0 atom stereocenters. The highest BCUT2D eigenvalue weighted by Crippen LogP contribution is 2.33. The molecule has 6 heteroatoms. The molecule has 2 N–H and O–H groups in total. The van der Waals surface area contributed by atoms with E-state index in [-0.39, 0.29) is 0 Å². The molecule has 0 spiro atoms. The van der Waals surface area contributed by atoms with Crippen molar-refractivity contribution >= 4 is 21.6 Å². The van der Waals surface area contributed by atoms with Crippen molar-refractivity contribution in [1.29, 1.82) is 0 Å². The monoisotopic (exact) mass is 325 g/mol. The van der Waals surface area contributed by atoms with Gasteiger partial charge in [-0.05, 0) is 54.4 Å². The summed E-state index contributed by atoms with van der Waals surface area (Å²) in [4.78, 5) is 0. The summed E-state index contributed by atoms with van der Waals surface area (Å²) in [6.07, 6.45) is -3.91. The maximum atomic E-state index is 12.5. The van der Waals surface area contributed by atoms with Crippen LogP contribution in [0.5, 0.6) is 0 Å². The molecule has 0 amide bonds. The van der Waals surface area contributed by atoms with Crippen LogP contribution in [0.15, 0.2) is 22.7 Å². The number of anilines is 1. The zero-order valence-electron chi connectivity index (χ0n) is 10.1.